The second kappa shape index (κ2) is 9.16. The maximum atomic E-state index is 10.2. The Morgan fingerprint density at radius 1 is 0.971 bits per heavy atom. The highest BCUT2D eigenvalue weighted by molar-refractivity contribution is 5.94. The smallest absolute Gasteiger partial charge is 0.176 e. The van der Waals surface area contributed by atoms with Gasteiger partial charge in [0.2, 0.25) is 0 Å². The maximum absolute atomic E-state index is 10.2. The van der Waals surface area contributed by atoms with E-state index in [1.165, 1.54) is 0 Å². The number of pyridine rings is 3. The minimum atomic E-state index is 0.296. The average Bonchev–Trinajstić information content (AvgIpc) is 3.36. The molecule has 0 unspecified atom stereocenters. The zero-order chi connectivity index (χ0) is 23.5. The van der Waals surface area contributed by atoms with Gasteiger partial charge in [0, 0.05) is 30.6 Å². The second-order valence-corrected chi connectivity index (χ2v) is 8.32. The molecule has 4 aromatic heterocycles. The number of nitrogens with one attached hydrogen (secondary N) is 1. The molecule has 34 heavy (non-hydrogen) atoms. The molecule has 1 aromatic carbocycles. The molecule has 5 aromatic rings. The summed E-state index contributed by atoms with van der Waals surface area (Å²) in [6, 6.07) is 22.0. The molecule has 0 radical (unpaired) electrons. The first-order valence-electron chi connectivity index (χ1n) is 11.2. The second-order valence-electron chi connectivity index (χ2n) is 8.32. The SMILES string of the molecule is CC(C)c1ccccc1-c1nc2ccoc2c(NCc2ccc(-c3ccccn3)nc2)c1C#N. The number of anilines is 1. The van der Waals surface area contributed by atoms with Crippen LogP contribution in [-0.4, -0.2) is 15.0 Å². The van der Waals surface area contributed by atoms with Gasteiger partial charge in [0.25, 0.3) is 0 Å². The third kappa shape index (κ3) is 4.00. The van der Waals surface area contributed by atoms with Crippen LogP contribution < -0.4 is 5.32 Å². The summed E-state index contributed by atoms with van der Waals surface area (Å²) in [7, 11) is 0. The van der Waals surface area contributed by atoms with E-state index in [0.29, 0.717) is 40.5 Å². The van der Waals surface area contributed by atoms with Crippen molar-refractivity contribution in [1.82, 2.24) is 15.0 Å². The Morgan fingerprint density at radius 3 is 2.53 bits per heavy atom. The number of fused-ring (bicyclic) bond motifs is 1. The van der Waals surface area contributed by atoms with Crippen LogP contribution in [0.3, 0.4) is 0 Å². The van der Waals surface area contributed by atoms with E-state index in [0.717, 1.165) is 28.1 Å². The Labute approximate surface area is 198 Å². The number of hydrogen-bond donors (Lipinski definition) is 1. The van der Waals surface area contributed by atoms with Crippen LogP contribution in [0.5, 0.6) is 0 Å². The fraction of sp³-hybridized carbons (Fsp3) is 0.143. The summed E-state index contributed by atoms with van der Waals surface area (Å²) in [5.41, 5.74) is 7.76. The van der Waals surface area contributed by atoms with Crippen molar-refractivity contribution in [1.29, 1.82) is 5.26 Å². The van der Waals surface area contributed by atoms with E-state index < -0.39 is 0 Å². The molecular weight excluding hydrogens is 422 g/mol. The Bertz CT molecular complexity index is 1480. The van der Waals surface area contributed by atoms with Gasteiger partial charge in [-0.2, -0.15) is 5.26 Å². The van der Waals surface area contributed by atoms with Gasteiger partial charge < -0.3 is 9.73 Å². The lowest BCUT2D eigenvalue weighted by molar-refractivity contribution is 0.616. The summed E-state index contributed by atoms with van der Waals surface area (Å²) >= 11 is 0. The van der Waals surface area contributed by atoms with E-state index in [9.17, 15) is 5.26 Å². The molecule has 0 fully saturated rings. The normalized spacial score (nSPS) is 11.0. The molecule has 0 atom stereocenters. The van der Waals surface area contributed by atoms with E-state index in [1.54, 1.807) is 12.5 Å². The Balaban J connectivity index is 1.52. The Kier molecular flexibility index (Phi) is 5.75. The van der Waals surface area contributed by atoms with Gasteiger partial charge in [-0.05, 0) is 35.2 Å². The molecule has 0 amide bonds. The first-order valence-corrected chi connectivity index (χ1v) is 11.2. The van der Waals surface area contributed by atoms with Crippen LogP contribution in [0.4, 0.5) is 5.69 Å². The molecule has 166 valence electrons. The van der Waals surface area contributed by atoms with Crippen LogP contribution in [0.2, 0.25) is 0 Å². The topological polar surface area (TPSA) is 87.6 Å². The molecule has 0 aliphatic heterocycles. The number of furan rings is 1. The van der Waals surface area contributed by atoms with Crippen molar-refractivity contribution in [3.63, 3.8) is 0 Å². The minimum absolute atomic E-state index is 0.296. The number of nitriles is 1. The highest BCUT2D eigenvalue weighted by atomic mass is 16.3. The van der Waals surface area contributed by atoms with Crippen molar-refractivity contribution in [3.8, 4) is 28.7 Å². The van der Waals surface area contributed by atoms with Gasteiger partial charge in [0.1, 0.15) is 22.8 Å². The van der Waals surface area contributed by atoms with Crippen LogP contribution in [0.15, 0.2) is 83.7 Å². The largest absolute Gasteiger partial charge is 0.460 e. The molecule has 6 heteroatoms. The third-order valence-corrected chi connectivity index (χ3v) is 5.76. The lowest BCUT2D eigenvalue weighted by Gasteiger charge is -2.16. The minimum Gasteiger partial charge on any atom is -0.460 e. The van der Waals surface area contributed by atoms with Crippen LogP contribution in [-0.2, 0) is 6.54 Å². The number of rotatable bonds is 6. The van der Waals surface area contributed by atoms with E-state index in [1.807, 2.05) is 60.8 Å². The fourth-order valence-electron chi connectivity index (χ4n) is 4.06. The van der Waals surface area contributed by atoms with Gasteiger partial charge in [-0.15, -0.1) is 0 Å². The van der Waals surface area contributed by atoms with Crippen LogP contribution in [0.25, 0.3) is 33.7 Å². The van der Waals surface area contributed by atoms with Gasteiger partial charge in [0.05, 0.1) is 23.3 Å². The first kappa shape index (κ1) is 21.4. The highest BCUT2D eigenvalue weighted by Crippen LogP contribution is 2.37. The van der Waals surface area contributed by atoms with E-state index >= 15 is 0 Å². The molecule has 4 heterocycles. The van der Waals surface area contributed by atoms with Gasteiger partial charge in [-0.25, -0.2) is 4.98 Å². The standard InChI is InChI=1S/C28H23N5O/c1-18(2)20-7-3-4-8-21(20)26-22(15-29)27(28-25(33-26)12-14-34-28)32-17-19-10-11-24(31-16-19)23-9-5-6-13-30-23/h3-14,16,18H,17H2,1-2H3,(H,32,33). The zero-order valence-electron chi connectivity index (χ0n) is 19.0. The molecule has 5 rings (SSSR count). The van der Waals surface area contributed by atoms with Crippen molar-refractivity contribution in [3.05, 3.63) is 96.0 Å². The highest BCUT2D eigenvalue weighted by Gasteiger charge is 2.21. The summed E-state index contributed by atoms with van der Waals surface area (Å²) in [5.74, 6) is 0.296. The first-order chi connectivity index (χ1) is 16.7. The molecule has 0 spiro atoms. The number of hydrogen-bond acceptors (Lipinski definition) is 6. The Hall–Kier alpha value is -4.50. The summed E-state index contributed by atoms with van der Waals surface area (Å²) in [6.45, 7) is 4.76. The summed E-state index contributed by atoms with van der Waals surface area (Å²) in [5, 5.41) is 13.6. The van der Waals surface area contributed by atoms with E-state index in [-0.39, 0.29) is 0 Å². The lowest BCUT2D eigenvalue weighted by atomic mass is 9.93. The summed E-state index contributed by atoms with van der Waals surface area (Å²) in [4.78, 5) is 13.7. The van der Waals surface area contributed by atoms with Crippen molar-refractivity contribution in [2.75, 3.05) is 5.32 Å². The summed E-state index contributed by atoms with van der Waals surface area (Å²) in [6.07, 6.45) is 5.17. The Morgan fingerprint density at radius 2 is 1.79 bits per heavy atom. The summed E-state index contributed by atoms with van der Waals surface area (Å²) < 4.78 is 5.73. The molecule has 0 aliphatic carbocycles. The van der Waals surface area contributed by atoms with Crippen molar-refractivity contribution in [2.24, 2.45) is 0 Å². The lowest BCUT2D eigenvalue weighted by Crippen LogP contribution is -2.05. The molecule has 1 N–H and O–H groups in total. The third-order valence-electron chi connectivity index (χ3n) is 5.76. The van der Waals surface area contributed by atoms with Gasteiger partial charge in [-0.3, -0.25) is 9.97 Å². The quantitative estimate of drug-likeness (QED) is 0.318. The zero-order valence-corrected chi connectivity index (χ0v) is 19.0. The predicted molar refractivity (Wildman–Crippen MR) is 133 cm³/mol. The molecule has 0 bridgehead atoms. The van der Waals surface area contributed by atoms with Crippen LogP contribution in [0, 0.1) is 11.3 Å². The monoisotopic (exact) mass is 445 g/mol. The fourth-order valence-corrected chi connectivity index (χ4v) is 4.06. The van der Waals surface area contributed by atoms with Gasteiger partial charge >= 0.3 is 0 Å². The van der Waals surface area contributed by atoms with Gasteiger partial charge in [-0.1, -0.05) is 50.2 Å². The van der Waals surface area contributed by atoms with Crippen molar-refractivity contribution in [2.45, 2.75) is 26.3 Å². The van der Waals surface area contributed by atoms with E-state index in [4.69, 9.17) is 9.40 Å². The number of aromatic nitrogens is 3. The van der Waals surface area contributed by atoms with Crippen LogP contribution in [0.1, 0.15) is 36.5 Å². The van der Waals surface area contributed by atoms with Gasteiger partial charge in [0.15, 0.2) is 5.58 Å². The molecule has 6 nitrogen and oxygen atoms in total. The molecular formula is C28H23N5O. The molecule has 0 saturated heterocycles. The molecule has 0 saturated carbocycles. The predicted octanol–water partition coefficient (Wildman–Crippen LogP) is 6.56. The number of nitrogens with zero attached hydrogens (tertiary/aromatic N) is 4. The maximum Gasteiger partial charge on any atom is 0.176 e. The van der Waals surface area contributed by atoms with Crippen molar-refractivity contribution < 1.29 is 4.42 Å². The van der Waals surface area contributed by atoms with Crippen molar-refractivity contribution >= 4 is 16.8 Å². The number of benzene rings is 1. The van der Waals surface area contributed by atoms with E-state index in [2.05, 4.69) is 41.3 Å². The average molecular weight is 446 g/mol. The molecule has 0 aliphatic rings. The van der Waals surface area contributed by atoms with Crippen LogP contribution >= 0.6 is 0 Å².